The van der Waals surface area contributed by atoms with E-state index in [9.17, 15) is 4.79 Å². The largest absolute Gasteiger partial charge is 0.462 e. The Kier molecular flexibility index (Phi) is 14.1. The zero-order chi connectivity index (χ0) is 20.6. The van der Waals surface area contributed by atoms with Gasteiger partial charge in [0.2, 0.25) is 0 Å². The van der Waals surface area contributed by atoms with Gasteiger partial charge in [-0.15, -0.1) is 0 Å². The Labute approximate surface area is 177 Å². The third kappa shape index (κ3) is 9.93. The van der Waals surface area contributed by atoms with E-state index in [2.05, 4.69) is 13.8 Å². The minimum atomic E-state index is -0.301. The normalized spacial score (nSPS) is 13.4. The third-order valence-electron chi connectivity index (χ3n) is 5.21. The molecule has 0 N–H and O–H groups in total. The Morgan fingerprint density at radius 3 is 2.14 bits per heavy atom. The lowest BCUT2D eigenvalue weighted by Crippen LogP contribution is -2.11. The second-order valence-electron chi connectivity index (χ2n) is 7.61. The summed E-state index contributed by atoms with van der Waals surface area (Å²) in [5.74, 6) is 0.270. The molecule has 1 aliphatic rings. The highest BCUT2D eigenvalue weighted by molar-refractivity contribution is 6.31. The molecule has 0 amide bonds. The molecule has 0 atom stereocenters. The fourth-order valence-corrected chi connectivity index (χ4v) is 3.49. The number of hydrogen-bond acceptors (Lipinski definition) is 3. The fraction of sp³-hybridized carbons (Fsp3) is 0.708. The first-order valence-corrected chi connectivity index (χ1v) is 11.5. The van der Waals surface area contributed by atoms with Gasteiger partial charge in [-0.1, -0.05) is 76.5 Å². The van der Waals surface area contributed by atoms with Crippen LogP contribution in [0.5, 0.6) is 0 Å². The van der Waals surface area contributed by atoms with Crippen molar-refractivity contribution in [3.63, 3.8) is 0 Å². The van der Waals surface area contributed by atoms with Crippen molar-refractivity contribution in [2.45, 2.75) is 90.4 Å². The van der Waals surface area contributed by atoms with Crippen LogP contribution in [0, 0.1) is 0 Å². The Hall–Kier alpha value is -1.06. The maximum Gasteiger partial charge on any atom is 0.338 e. The Balaban J connectivity index is 0.000000416. The topological polar surface area (TPSA) is 35.5 Å². The quantitative estimate of drug-likeness (QED) is 0.263. The molecule has 0 unspecified atom stereocenters. The lowest BCUT2D eigenvalue weighted by Gasteiger charge is -2.26. The van der Waals surface area contributed by atoms with Gasteiger partial charge >= 0.3 is 5.97 Å². The summed E-state index contributed by atoms with van der Waals surface area (Å²) >= 11 is 6.26. The van der Waals surface area contributed by atoms with Crippen LogP contribution in [-0.4, -0.2) is 26.3 Å². The van der Waals surface area contributed by atoms with Crippen LogP contribution in [-0.2, 0) is 9.47 Å². The van der Waals surface area contributed by atoms with Gasteiger partial charge in [-0.05, 0) is 49.3 Å². The molecule has 1 fully saturated rings. The van der Waals surface area contributed by atoms with Crippen LogP contribution in [0.4, 0.5) is 0 Å². The summed E-state index contributed by atoms with van der Waals surface area (Å²) < 4.78 is 10.2. The van der Waals surface area contributed by atoms with Crippen molar-refractivity contribution in [3.8, 4) is 0 Å². The predicted molar refractivity (Wildman–Crippen MR) is 118 cm³/mol. The van der Waals surface area contributed by atoms with Gasteiger partial charge in [0.05, 0.1) is 12.2 Å². The number of ether oxygens (including phenoxy) is 2. The molecule has 0 spiro atoms. The highest BCUT2D eigenvalue weighted by atomic mass is 35.5. The first kappa shape index (κ1) is 25.0. The summed E-state index contributed by atoms with van der Waals surface area (Å²) in [5, 5.41) is 0.684. The van der Waals surface area contributed by atoms with Crippen molar-refractivity contribution in [1.29, 1.82) is 0 Å². The second-order valence-corrected chi connectivity index (χ2v) is 8.02. The van der Waals surface area contributed by atoms with Crippen molar-refractivity contribution in [2.75, 3.05) is 20.3 Å². The smallest absolute Gasteiger partial charge is 0.338 e. The molecule has 0 aliphatic heterocycles. The first-order valence-electron chi connectivity index (χ1n) is 11.1. The summed E-state index contributed by atoms with van der Waals surface area (Å²) in [6.07, 6.45) is 13.9. The van der Waals surface area contributed by atoms with Crippen molar-refractivity contribution < 1.29 is 14.3 Å². The number of benzene rings is 1. The maximum atomic E-state index is 11.9. The minimum Gasteiger partial charge on any atom is -0.462 e. The molecule has 1 aromatic carbocycles. The Morgan fingerprint density at radius 1 is 1.00 bits per heavy atom. The molecule has 1 aliphatic carbocycles. The Bertz CT molecular complexity index is 535. The van der Waals surface area contributed by atoms with Crippen LogP contribution in [0.25, 0.3) is 0 Å². The van der Waals surface area contributed by atoms with Crippen molar-refractivity contribution in [3.05, 3.63) is 34.3 Å². The Morgan fingerprint density at radius 2 is 1.64 bits per heavy atom. The number of esters is 1. The van der Waals surface area contributed by atoms with Crippen LogP contribution in [0.2, 0.25) is 5.02 Å². The van der Waals surface area contributed by atoms with Crippen molar-refractivity contribution in [1.82, 2.24) is 0 Å². The van der Waals surface area contributed by atoms with E-state index < -0.39 is 0 Å². The van der Waals surface area contributed by atoms with Crippen LogP contribution in [0.15, 0.2) is 18.2 Å². The molecule has 0 aromatic heterocycles. The van der Waals surface area contributed by atoms with Gasteiger partial charge in [0, 0.05) is 18.7 Å². The molecular weight excluding hydrogens is 372 g/mol. The van der Waals surface area contributed by atoms with E-state index in [0.29, 0.717) is 29.7 Å². The van der Waals surface area contributed by atoms with Gasteiger partial charge in [-0.2, -0.15) is 0 Å². The molecule has 0 heterocycles. The van der Waals surface area contributed by atoms with Gasteiger partial charge in [-0.25, -0.2) is 4.79 Å². The van der Waals surface area contributed by atoms with Gasteiger partial charge in [0.25, 0.3) is 0 Å². The van der Waals surface area contributed by atoms with Crippen molar-refractivity contribution in [2.24, 2.45) is 0 Å². The number of carbonyl (C=O) groups excluding carboxylic acids is 1. The zero-order valence-electron chi connectivity index (χ0n) is 18.1. The minimum absolute atomic E-state index is 0.301. The van der Waals surface area contributed by atoms with E-state index in [1.54, 1.807) is 13.2 Å². The summed E-state index contributed by atoms with van der Waals surface area (Å²) in [6, 6.07) is 5.51. The van der Waals surface area contributed by atoms with Gasteiger partial charge < -0.3 is 9.47 Å². The van der Waals surface area contributed by atoms with Crippen LogP contribution in [0.3, 0.4) is 0 Å². The van der Waals surface area contributed by atoms with E-state index in [0.717, 1.165) is 18.4 Å². The highest BCUT2D eigenvalue weighted by Gasteiger charge is 2.22. The van der Waals surface area contributed by atoms with Crippen molar-refractivity contribution >= 4 is 17.6 Å². The predicted octanol–water partition coefficient (Wildman–Crippen LogP) is 7.56. The number of rotatable bonds is 12. The molecule has 3 nitrogen and oxygen atoms in total. The summed E-state index contributed by atoms with van der Waals surface area (Å²) in [6.45, 7) is 5.63. The molecular formula is C24H39ClO3. The lowest BCUT2D eigenvalue weighted by molar-refractivity contribution is 0.0489. The molecule has 1 saturated carbocycles. The number of carbonyl (C=O) groups is 1. The first-order chi connectivity index (χ1) is 13.6. The molecule has 1 aromatic rings. The van der Waals surface area contributed by atoms with E-state index >= 15 is 0 Å². The van der Waals surface area contributed by atoms with E-state index in [-0.39, 0.29) is 5.97 Å². The molecule has 4 heteroatoms. The van der Waals surface area contributed by atoms with Crippen LogP contribution < -0.4 is 0 Å². The lowest BCUT2D eigenvalue weighted by atomic mass is 9.80. The molecule has 160 valence electrons. The van der Waals surface area contributed by atoms with Crippen LogP contribution in [0.1, 0.15) is 106 Å². The molecule has 0 radical (unpaired) electrons. The standard InChI is InChI=1S/C16H21ClO3.C8H18/c1-19-9-2-3-10-20-16(18)13-7-8-14(15(17)11-13)12-5-4-6-12;1-3-5-7-8-6-4-2/h7-8,11-12H,2-6,9-10H2,1H3;3-8H2,1-2H3. The second kappa shape index (κ2) is 15.8. The molecule has 2 rings (SSSR count). The fourth-order valence-electron chi connectivity index (χ4n) is 3.15. The number of halogens is 1. The third-order valence-corrected chi connectivity index (χ3v) is 5.54. The molecule has 0 bridgehead atoms. The van der Waals surface area contributed by atoms with Gasteiger partial charge in [0.1, 0.15) is 0 Å². The van der Waals surface area contributed by atoms with E-state index in [4.69, 9.17) is 21.1 Å². The average molecular weight is 411 g/mol. The number of unbranched alkanes of at least 4 members (excludes halogenated alkanes) is 6. The average Bonchev–Trinajstić information content (AvgIpc) is 2.65. The zero-order valence-corrected chi connectivity index (χ0v) is 18.9. The van der Waals surface area contributed by atoms with E-state index in [1.807, 2.05) is 12.1 Å². The number of hydrogen-bond donors (Lipinski definition) is 0. The number of methoxy groups -OCH3 is 1. The molecule has 28 heavy (non-hydrogen) atoms. The summed E-state index contributed by atoms with van der Waals surface area (Å²) in [4.78, 5) is 11.9. The summed E-state index contributed by atoms with van der Waals surface area (Å²) in [7, 11) is 1.66. The van der Waals surface area contributed by atoms with Gasteiger partial charge in [0.15, 0.2) is 0 Å². The van der Waals surface area contributed by atoms with Gasteiger partial charge in [-0.3, -0.25) is 0 Å². The summed E-state index contributed by atoms with van der Waals surface area (Å²) in [5.41, 5.74) is 1.69. The SMILES string of the molecule is CCCCCCCC.COCCCCOC(=O)c1ccc(C2CCC2)c(Cl)c1. The van der Waals surface area contributed by atoms with E-state index in [1.165, 1.54) is 57.8 Å². The maximum absolute atomic E-state index is 11.9. The highest BCUT2D eigenvalue weighted by Crippen LogP contribution is 2.39. The molecule has 0 saturated heterocycles. The van der Waals surface area contributed by atoms with Crippen LogP contribution >= 0.6 is 11.6 Å². The monoisotopic (exact) mass is 410 g/mol.